The number of nitrogen functional groups attached to an aromatic ring is 1. The third-order valence-electron chi connectivity index (χ3n) is 2.81. The average molecular weight is 292 g/mol. The number of carbonyl (C=O) groups excluding carboxylic acids is 1. The number of nitrogens with two attached hydrogens (primary N) is 1. The highest BCUT2D eigenvalue weighted by Crippen LogP contribution is 2.23. The van der Waals surface area contributed by atoms with Gasteiger partial charge in [-0.15, -0.1) is 0 Å². The van der Waals surface area contributed by atoms with Crippen molar-refractivity contribution in [3.8, 4) is 5.75 Å². The summed E-state index contributed by atoms with van der Waals surface area (Å²) in [6, 6.07) is 7.85. The van der Waals surface area contributed by atoms with Crippen molar-refractivity contribution in [2.45, 2.75) is 6.92 Å². The largest absolute Gasteiger partial charge is 0.481 e. The molecule has 0 spiro atoms. The Hall–Kier alpha value is -2.63. The molecule has 0 bridgehead atoms. The third kappa shape index (κ3) is 3.92. The van der Waals surface area contributed by atoms with E-state index in [0.717, 1.165) is 6.07 Å². The summed E-state index contributed by atoms with van der Waals surface area (Å²) in [6.07, 6.45) is 0. The van der Waals surface area contributed by atoms with Crippen LogP contribution in [0.2, 0.25) is 0 Å². The number of anilines is 2. The number of benzene rings is 2. The predicted octanol–water partition coefficient (Wildman–Crippen LogP) is 2.87. The number of ether oxygens (including phenoxy) is 1. The average Bonchev–Trinajstić information content (AvgIpc) is 2.44. The van der Waals surface area contributed by atoms with E-state index in [1.807, 2.05) is 0 Å². The normalized spacial score (nSPS) is 10.2. The van der Waals surface area contributed by atoms with Gasteiger partial charge in [-0.1, -0.05) is 0 Å². The minimum atomic E-state index is -0.632. The Morgan fingerprint density at radius 3 is 2.57 bits per heavy atom. The highest BCUT2D eigenvalue weighted by Gasteiger charge is 2.09. The summed E-state index contributed by atoms with van der Waals surface area (Å²) in [5, 5.41) is 2.51. The van der Waals surface area contributed by atoms with Crippen LogP contribution in [0.1, 0.15) is 5.56 Å². The van der Waals surface area contributed by atoms with E-state index >= 15 is 0 Å². The fourth-order valence-electron chi connectivity index (χ4n) is 1.65. The minimum Gasteiger partial charge on any atom is -0.481 e. The van der Waals surface area contributed by atoms with Crippen molar-refractivity contribution in [1.82, 2.24) is 0 Å². The van der Waals surface area contributed by atoms with Gasteiger partial charge in [0, 0.05) is 17.4 Å². The minimum absolute atomic E-state index is 0.0454. The Bertz CT molecular complexity index is 657. The zero-order valence-corrected chi connectivity index (χ0v) is 11.3. The molecule has 2 rings (SSSR count). The van der Waals surface area contributed by atoms with Crippen LogP contribution in [-0.2, 0) is 4.79 Å². The number of hydrogen-bond acceptors (Lipinski definition) is 3. The van der Waals surface area contributed by atoms with E-state index in [9.17, 15) is 13.6 Å². The predicted molar refractivity (Wildman–Crippen MR) is 76.1 cm³/mol. The maximum Gasteiger partial charge on any atom is 0.262 e. The van der Waals surface area contributed by atoms with Gasteiger partial charge in [0.15, 0.2) is 18.2 Å². The molecule has 2 aromatic carbocycles. The van der Waals surface area contributed by atoms with Gasteiger partial charge >= 0.3 is 0 Å². The molecule has 0 aliphatic heterocycles. The van der Waals surface area contributed by atoms with Crippen molar-refractivity contribution in [2.75, 3.05) is 17.7 Å². The van der Waals surface area contributed by atoms with Crippen molar-refractivity contribution in [3.05, 3.63) is 53.6 Å². The van der Waals surface area contributed by atoms with Gasteiger partial charge in [-0.25, -0.2) is 8.78 Å². The monoisotopic (exact) mass is 292 g/mol. The quantitative estimate of drug-likeness (QED) is 0.852. The second-order valence-electron chi connectivity index (χ2n) is 4.48. The smallest absolute Gasteiger partial charge is 0.262 e. The molecule has 4 nitrogen and oxygen atoms in total. The lowest BCUT2D eigenvalue weighted by atomic mass is 10.2. The molecule has 2 aromatic rings. The van der Waals surface area contributed by atoms with Gasteiger partial charge in [0.1, 0.15) is 5.82 Å². The Balaban J connectivity index is 1.95. The van der Waals surface area contributed by atoms with Gasteiger partial charge in [0.25, 0.3) is 5.91 Å². The van der Waals surface area contributed by atoms with Crippen LogP contribution in [0.3, 0.4) is 0 Å². The Morgan fingerprint density at radius 2 is 1.90 bits per heavy atom. The molecule has 1 amide bonds. The summed E-state index contributed by atoms with van der Waals surface area (Å²) >= 11 is 0. The molecule has 110 valence electrons. The lowest BCUT2D eigenvalue weighted by Gasteiger charge is -2.10. The van der Waals surface area contributed by atoms with Gasteiger partial charge in [-0.2, -0.15) is 0 Å². The topological polar surface area (TPSA) is 64.3 Å². The molecule has 6 heteroatoms. The van der Waals surface area contributed by atoms with Crippen LogP contribution < -0.4 is 15.8 Å². The summed E-state index contributed by atoms with van der Waals surface area (Å²) < 4.78 is 31.4. The maximum absolute atomic E-state index is 13.6. The fourth-order valence-corrected chi connectivity index (χ4v) is 1.65. The number of carbonyl (C=O) groups is 1. The van der Waals surface area contributed by atoms with Crippen LogP contribution in [0, 0.1) is 18.6 Å². The molecule has 0 aliphatic rings. The highest BCUT2D eigenvalue weighted by atomic mass is 19.1. The summed E-state index contributed by atoms with van der Waals surface area (Å²) in [5.74, 6) is -1.55. The SMILES string of the molecule is Cc1cc(OCC(=O)Nc2ccc(F)cc2)c(F)cc1N. The first-order valence-electron chi connectivity index (χ1n) is 6.19. The molecule has 0 saturated carbocycles. The van der Waals surface area contributed by atoms with Gasteiger partial charge in [0.05, 0.1) is 0 Å². The summed E-state index contributed by atoms with van der Waals surface area (Å²) in [5.41, 5.74) is 6.96. The van der Waals surface area contributed by atoms with E-state index in [4.69, 9.17) is 10.5 Å². The van der Waals surface area contributed by atoms with Crippen LogP contribution in [0.4, 0.5) is 20.2 Å². The third-order valence-corrected chi connectivity index (χ3v) is 2.81. The number of aryl methyl sites for hydroxylation is 1. The first-order valence-corrected chi connectivity index (χ1v) is 6.19. The van der Waals surface area contributed by atoms with Crippen LogP contribution in [-0.4, -0.2) is 12.5 Å². The maximum atomic E-state index is 13.6. The van der Waals surface area contributed by atoms with Crippen molar-refractivity contribution in [3.63, 3.8) is 0 Å². The molecule has 0 aromatic heterocycles. The molecule has 3 N–H and O–H groups in total. The molecule has 0 heterocycles. The Kier molecular flexibility index (Phi) is 4.37. The van der Waals surface area contributed by atoms with Gasteiger partial charge in [-0.05, 0) is 42.8 Å². The van der Waals surface area contributed by atoms with Gasteiger partial charge in [-0.3, -0.25) is 4.79 Å². The number of rotatable bonds is 4. The summed E-state index contributed by atoms with van der Waals surface area (Å²) in [7, 11) is 0. The molecule has 0 saturated heterocycles. The summed E-state index contributed by atoms with van der Waals surface area (Å²) in [4.78, 5) is 11.7. The van der Waals surface area contributed by atoms with Crippen LogP contribution >= 0.6 is 0 Å². The Morgan fingerprint density at radius 1 is 1.24 bits per heavy atom. The zero-order chi connectivity index (χ0) is 15.4. The lowest BCUT2D eigenvalue weighted by Crippen LogP contribution is -2.20. The number of amides is 1. The van der Waals surface area contributed by atoms with E-state index in [-0.39, 0.29) is 12.4 Å². The molecule has 0 unspecified atom stereocenters. The zero-order valence-electron chi connectivity index (χ0n) is 11.3. The first-order chi connectivity index (χ1) is 9.95. The van der Waals surface area contributed by atoms with E-state index in [1.54, 1.807) is 6.92 Å². The van der Waals surface area contributed by atoms with Gasteiger partial charge < -0.3 is 15.8 Å². The molecule has 0 radical (unpaired) electrons. The highest BCUT2D eigenvalue weighted by molar-refractivity contribution is 5.91. The number of nitrogens with one attached hydrogen (secondary N) is 1. The van der Waals surface area contributed by atoms with Crippen molar-refractivity contribution in [2.24, 2.45) is 0 Å². The standard InChI is InChI=1S/C15H14F2N2O2/c1-9-6-14(12(17)7-13(9)18)21-8-15(20)19-11-4-2-10(16)3-5-11/h2-7H,8,18H2,1H3,(H,19,20). The van der Waals surface area contributed by atoms with E-state index in [1.165, 1.54) is 30.3 Å². The van der Waals surface area contributed by atoms with E-state index in [0.29, 0.717) is 16.9 Å². The Labute approximate surface area is 120 Å². The molecular formula is C15H14F2N2O2. The molecule has 0 aliphatic carbocycles. The molecule has 0 atom stereocenters. The first kappa shape index (κ1) is 14.8. The molecular weight excluding hydrogens is 278 g/mol. The second kappa shape index (κ2) is 6.21. The number of hydrogen-bond donors (Lipinski definition) is 2. The lowest BCUT2D eigenvalue weighted by molar-refractivity contribution is -0.118. The van der Waals surface area contributed by atoms with Crippen molar-refractivity contribution >= 4 is 17.3 Å². The van der Waals surface area contributed by atoms with Crippen LogP contribution in [0.15, 0.2) is 36.4 Å². The molecule has 0 fully saturated rings. The van der Waals surface area contributed by atoms with E-state index in [2.05, 4.69) is 5.32 Å². The number of halogens is 2. The summed E-state index contributed by atoms with van der Waals surface area (Å²) in [6.45, 7) is 1.35. The van der Waals surface area contributed by atoms with E-state index < -0.39 is 17.5 Å². The van der Waals surface area contributed by atoms with Crippen LogP contribution in [0.25, 0.3) is 0 Å². The van der Waals surface area contributed by atoms with Crippen molar-refractivity contribution in [1.29, 1.82) is 0 Å². The van der Waals surface area contributed by atoms with Crippen molar-refractivity contribution < 1.29 is 18.3 Å². The van der Waals surface area contributed by atoms with Crippen LogP contribution in [0.5, 0.6) is 5.75 Å². The molecule has 21 heavy (non-hydrogen) atoms. The fraction of sp³-hybridized carbons (Fsp3) is 0.133. The van der Waals surface area contributed by atoms with Gasteiger partial charge in [0.2, 0.25) is 0 Å². The second-order valence-corrected chi connectivity index (χ2v) is 4.48.